The van der Waals surface area contributed by atoms with Crippen LogP contribution in [0.25, 0.3) is 0 Å². The Morgan fingerprint density at radius 2 is 1.67 bits per heavy atom. The van der Waals surface area contributed by atoms with Crippen LogP contribution < -0.4 is 15.8 Å². The Hall–Kier alpha value is -0.0900. The zero-order valence-electron chi connectivity index (χ0n) is 13.2. The van der Waals surface area contributed by atoms with Gasteiger partial charge in [-0.25, -0.2) is 13.1 Å². The Morgan fingerprint density at radius 1 is 1.05 bits per heavy atom. The normalized spacial score (nSPS) is 12.0. The number of hydrogen-bond donors (Lipinski definition) is 3. The zero-order valence-corrected chi connectivity index (χ0v) is 16.4. The van der Waals surface area contributed by atoms with Crippen LogP contribution in [0.2, 0.25) is 0 Å². The quantitative estimate of drug-likeness (QED) is 0.189. The number of rotatable bonds is 12. The van der Waals surface area contributed by atoms with Crippen molar-refractivity contribution in [2.45, 2.75) is 52.4 Å². The van der Waals surface area contributed by atoms with E-state index in [9.17, 15) is 8.42 Å². The average Bonchev–Trinajstić information content (AvgIpc) is 2.43. The van der Waals surface area contributed by atoms with E-state index in [2.05, 4.69) is 22.0 Å². The van der Waals surface area contributed by atoms with Gasteiger partial charge in [-0.05, 0) is 13.3 Å². The van der Waals surface area contributed by atoms with Crippen molar-refractivity contribution >= 4 is 40.0 Å². The van der Waals surface area contributed by atoms with Crippen LogP contribution in [-0.4, -0.2) is 39.8 Å². The van der Waals surface area contributed by atoms with E-state index in [0.29, 0.717) is 19.0 Å². The lowest BCUT2D eigenvalue weighted by molar-refractivity contribution is 0.582. The van der Waals surface area contributed by atoms with E-state index in [-0.39, 0.29) is 29.7 Å². The van der Waals surface area contributed by atoms with Crippen LogP contribution in [0.3, 0.4) is 0 Å². The third kappa shape index (κ3) is 16.1. The van der Waals surface area contributed by atoms with Gasteiger partial charge in [-0.1, -0.05) is 39.0 Å². The van der Waals surface area contributed by atoms with Gasteiger partial charge in [-0.15, -0.1) is 24.0 Å². The number of nitrogens with two attached hydrogens (primary N) is 1. The highest BCUT2D eigenvalue weighted by Crippen LogP contribution is 2.04. The van der Waals surface area contributed by atoms with Crippen LogP contribution in [0.1, 0.15) is 52.4 Å². The van der Waals surface area contributed by atoms with Crippen molar-refractivity contribution in [2.75, 3.05) is 25.4 Å². The SMILES string of the molecule is CCCCCCCCN=C(N)NCCNS(=O)(=O)CC.I. The van der Waals surface area contributed by atoms with Crippen LogP contribution in [0.5, 0.6) is 0 Å². The van der Waals surface area contributed by atoms with Gasteiger partial charge in [0, 0.05) is 19.6 Å². The van der Waals surface area contributed by atoms with Gasteiger partial charge >= 0.3 is 0 Å². The van der Waals surface area contributed by atoms with Crippen molar-refractivity contribution in [3.05, 3.63) is 0 Å². The summed E-state index contributed by atoms with van der Waals surface area (Å²) in [6, 6.07) is 0. The Balaban J connectivity index is 0. The molecule has 0 atom stereocenters. The van der Waals surface area contributed by atoms with Crippen LogP contribution in [0.15, 0.2) is 4.99 Å². The molecule has 0 saturated heterocycles. The summed E-state index contributed by atoms with van der Waals surface area (Å²) in [6.45, 7) is 5.31. The van der Waals surface area contributed by atoms with E-state index in [1.807, 2.05) is 0 Å². The Kier molecular flexibility index (Phi) is 16.4. The van der Waals surface area contributed by atoms with Gasteiger partial charge in [-0.2, -0.15) is 0 Å². The summed E-state index contributed by atoms with van der Waals surface area (Å²) in [4.78, 5) is 4.20. The molecule has 0 aromatic heterocycles. The number of hydrogen-bond acceptors (Lipinski definition) is 3. The minimum atomic E-state index is -3.12. The largest absolute Gasteiger partial charge is 0.370 e. The summed E-state index contributed by atoms with van der Waals surface area (Å²) in [7, 11) is -3.12. The maximum atomic E-state index is 11.2. The monoisotopic (exact) mass is 434 g/mol. The zero-order chi connectivity index (χ0) is 15.3. The number of halogens is 1. The molecule has 128 valence electrons. The number of unbranched alkanes of at least 4 members (excludes halogenated alkanes) is 5. The number of nitrogens with zero attached hydrogens (tertiary/aromatic N) is 1. The second kappa shape index (κ2) is 14.8. The number of nitrogens with one attached hydrogen (secondary N) is 2. The van der Waals surface area contributed by atoms with E-state index >= 15 is 0 Å². The highest BCUT2D eigenvalue weighted by molar-refractivity contribution is 14.0. The molecule has 6 nitrogen and oxygen atoms in total. The van der Waals surface area contributed by atoms with Crippen molar-refractivity contribution in [2.24, 2.45) is 10.7 Å². The first-order chi connectivity index (χ1) is 9.52. The summed E-state index contributed by atoms with van der Waals surface area (Å²) in [6.07, 6.45) is 7.36. The van der Waals surface area contributed by atoms with Gasteiger partial charge in [0.05, 0.1) is 5.75 Å². The van der Waals surface area contributed by atoms with Crippen molar-refractivity contribution in [1.82, 2.24) is 10.0 Å². The van der Waals surface area contributed by atoms with E-state index in [1.165, 1.54) is 32.1 Å². The minimum Gasteiger partial charge on any atom is -0.370 e. The molecular formula is C13H31IN4O2S. The van der Waals surface area contributed by atoms with E-state index in [4.69, 9.17) is 5.73 Å². The molecule has 8 heteroatoms. The summed E-state index contributed by atoms with van der Waals surface area (Å²) >= 11 is 0. The van der Waals surface area contributed by atoms with Crippen molar-refractivity contribution < 1.29 is 8.42 Å². The molecule has 21 heavy (non-hydrogen) atoms. The lowest BCUT2D eigenvalue weighted by Gasteiger charge is -2.07. The highest BCUT2D eigenvalue weighted by Gasteiger charge is 2.04. The second-order valence-corrected chi connectivity index (χ2v) is 6.85. The molecule has 0 saturated carbocycles. The maximum absolute atomic E-state index is 11.2. The van der Waals surface area contributed by atoms with E-state index < -0.39 is 10.0 Å². The van der Waals surface area contributed by atoms with Crippen LogP contribution in [-0.2, 0) is 10.0 Å². The molecule has 0 aliphatic carbocycles. The van der Waals surface area contributed by atoms with Crippen LogP contribution >= 0.6 is 24.0 Å². The second-order valence-electron chi connectivity index (χ2n) is 4.76. The van der Waals surface area contributed by atoms with Gasteiger partial charge in [0.25, 0.3) is 0 Å². The van der Waals surface area contributed by atoms with Crippen molar-refractivity contribution in [3.8, 4) is 0 Å². The lowest BCUT2D eigenvalue weighted by atomic mass is 10.1. The van der Waals surface area contributed by atoms with Gasteiger partial charge < -0.3 is 11.1 Å². The number of guanidine groups is 1. The predicted molar refractivity (Wildman–Crippen MR) is 101 cm³/mol. The van der Waals surface area contributed by atoms with Gasteiger partial charge in [0.1, 0.15) is 0 Å². The van der Waals surface area contributed by atoms with Crippen LogP contribution in [0.4, 0.5) is 0 Å². The lowest BCUT2D eigenvalue weighted by Crippen LogP contribution is -2.38. The first-order valence-electron chi connectivity index (χ1n) is 7.53. The van der Waals surface area contributed by atoms with Gasteiger partial charge in [-0.3, -0.25) is 4.99 Å². The molecule has 0 rings (SSSR count). The Morgan fingerprint density at radius 3 is 2.29 bits per heavy atom. The molecule has 0 amide bonds. The maximum Gasteiger partial charge on any atom is 0.211 e. The third-order valence-corrected chi connectivity index (χ3v) is 4.33. The smallest absolute Gasteiger partial charge is 0.211 e. The molecule has 4 N–H and O–H groups in total. The third-order valence-electron chi connectivity index (χ3n) is 2.93. The molecule has 0 bridgehead atoms. The molecule has 0 aromatic rings. The molecule has 0 spiro atoms. The first kappa shape index (κ1) is 23.2. The van der Waals surface area contributed by atoms with Crippen molar-refractivity contribution in [1.29, 1.82) is 0 Å². The van der Waals surface area contributed by atoms with Gasteiger partial charge in [0.2, 0.25) is 10.0 Å². The summed E-state index contributed by atoms with van der Waals surface area (Å²) in [5.74, 6) is 0.475. The molecule has 0 unspecified atom stereocenters. The molecule has 0 radical (unpaired) electrons. The number of aliphatic imine (C=N–C) groups is 1. The molecular weight excluding hydrogens is 403 g/mol. The summed E-state index contributed by atoms with van der Waals surface area (Å²) in [5.41, 5.74) is 5.68. The van der Waals surface area contributed by atoms with E-state index in [0.717, 1.165) is 13.0 Å². The average molecular weight is 434 g/mol. The molecule has 0 heterocycles. The Bertz CT molecular complexity index is 361. The topological polar surface area (TPSA) is 96.6 Å². The standard InChI is InChI=1S/C13H30N4O2S.HI/c1-3-5-6-7-8-9-10-15-13(14)16-11-12-17-20(18,19)4-2;/h17H,3-12H2,1-2H3,(H3,14,15,16);1H. The fourth-order valence-corrected chi connectivity index (χ4v) is 2.26. The van der Waals surface area contributed by atoms with Crippen molar-refractivity contribution in [3.63, 3.8) is 0 Å². The Labute approximate surface area is 146 Å². The molecule has 0 aromatic carbocycles. The fraction of sp³-hybridized carbons (Fsp3) is 0.923. The highest BCUT2D eigenvalue weighted by atomic mass is 127. The summed E-state index contributed by atoms with van der Waals surface area (Å²) in [5, 5.41) is 2.89. The molecule has 0 aliphatic heterocycles. The first-order valence-corrected chi connectivity index (χ1v) is 9.18. The minimum absolute atomic E-state index is 0. The molecule has 0 fully saturated rings. The van der Waals surface area contributed by atoms with Gasteiger partial charge in [0.15, 0.2) is 5.96 Å². The predicted octanol–water partition coefficient (Wildman–Crippen LogP) is 1.81. The summed E-state index contributed by atoms with van der Waals surface area (Å²) < 4.78 is 24.8. The fourth-order valence-electron chi connectivity index (χ4n) is 1.65. The number of sulfonamides is 1. The van der Waals surface area contributed by atoms with E-state index in [1.54, 1.807) is 6.92 Å². The van der Waals surface area contributed by atoms with Crippen LogP contribution in [0, 0.1) is 0 Å². The molecule has 0 aliphatic rings.